The van der Waals surface area contributed by atoms with E-state index in [0.29, 0.717) is 18.5 Å². The van der Waals surface area contributed by atoms with E-state index in [0.717, 1.165) is 17.9 Å². The number of nitrogens with zero attached hydrogens (tertiary/aromatic N) is 2. The minimum Gasteiger partial charge on any atom is -0.388 e. The summed E-state index contributed by atoms with van der Waals surface area (Å²) < 4.78 is 13.1. The Hall–Kier alpha value is -1.78. The fourth-order valence-corrected chi connectivity index (χ4v) is 2.27. The molecule has 0 radical (unpaired) electrons. The Balaban J connectivity index is 1.85. The summed E-state index contributed by atoms with van der Waals surface area (Å²) in [5, 5.41) is 10.1. The number of rotatable bonds is 6. The van der Waals surface area contributed by atoms with E-state index in [9.17, 15) is 9.50 Å². The molecular formula is C17H21FN2O. The van der Waals surface area contributed by atoms with Crippen molar-refractivity contribution in [3.8, 4) is 0 Å². The summed E-state index contributed by atoms with van der Waals surface area (Å²) in [6.07, 6.45) is -0.0835. The first-order valence-electron chi connectivity index (χ1n) is 7.09. The molecule has 1 heterocycles. The van der Waals surface area contributed by atoms with Gasteiger partial charge in [0.2, 0.25) is 0 Å². The van der Waals surface area contributed by atoms with Crippen molar-refractivity contribution in [1.29, 1.82) is 0 Å². The van der Waals surface area contributed by atoms with E-state index in [1.165, 1.54) is 12.1 Å². The Morgan fingerprint density at radius 1 is 1.24 bits per heavy atom. The molecule has 112 valence electrons. The Morgan fingerprint density at radius 3 is 2.71 bits per heavy atom. The van der Waals surface area contributed by atoms with Crippen LogP contribution in [-0.4, -0.2) is 28.6 Å². The molecule has 21 heavy (non-hydrogen) atoms. The molecule has 2 rings (SSSR count). The summed E-state index contributed by atoms with van der Waals surface area (Å²) in [7, 11) is 1.99. The van der Waals surface area contributed by atoms with Gasteiger partial charge in [-0.25, -0.2) is 4.39 Å². The lowest BCUT2D eigenvalue weighted by Crippen LogP contribution is -2.21. The van der Waals surface area contributed by atoms with Crippen molar-refractivity contribution >= 4 is 0 Å². The third kappa shape index (κ3) is 4.92. The SMILES string of the molecule is Cc1cccc(CN(C)CCC(O)c2cccc(F)c2)n1. The van der Waals surface area contributed by atoms with Crippen LogP contribution in [0.15, 0.2) is 42.5 Å². The van der Waals surface area contributed by atoms with E-state index in [1.807, 2.05) is 32.2 Å². The summed E-state index contributed by atoms with van der Waals surface area (Å²) in [6, 6.07) is 12.1. The van der Waals surface area contributed by atoms with Crippen LogP contribution < -0.4 is 0 Å². The molecule has 2 aromatic rings. The fraction of sp³-hybridized carbons (Fsp3) is 0.353. The molecular weight excluding hydrogens is 267 g/mol. The second-order valence-electron chi connectivity index (χ2n) is 5.37. The fourth-order valence-electron chi connectivity index (χ4n) is 2.27. The summed E-state index contributed by atoms with van der Waals surface area (Å²) >= 11 is 0. The molecule has 0 saturated heterocycles. The van der Waals surface area contributed by atoms with Crippen molar-refractivity contribution in [2.45, 2.75) is 26.0 Å². The highest BCUT2D eigenvalue weighted by Crippen LogP contribution is 2.18. The number of aliphatic hydroxyl groups excluding tert-OH is 1. The van der Waals surface area contributed by atoms with E-state index in [1.54, 1.807) is 12.1 Å². The van der Waals surface area contributed by atoms with Gasteiger partial charge in [-0.05, 0) is 50.2 Å². The molecule has 1 aromatic carbocycles. The predicted molar refractivity (Wildman–Crippen MR) is 81.3 cm³/mol. The maximum atomic E-state index is 13.1. The van der Waals surface area contributed by atoms with Gasteiger partial charge in [0, 0.05) is 18.8 Å². The van der Waals surface area contributed by atoms with Crippen LogP contribution in [0.1, 0.15) is 29.5 Å². The van der Waals surface area contributed by atoms with Crippen LogP contribution in [0, 0.1) is 12.7 Å². The minimum atomic E-state index is -0.645. The number of benzene rings is 1. The number of hydrogen-bond acceptors (Lipinski definition) is 3. The summed E-state index contributed by atoms with van der Waals surface area (Å²) in [5.74, 6) is -0.316. The highest BCUT2D eigenvalue weighted by molar-refractivity contribution is 5.18. The van der Waals surface area contributed by atoms with Crippen LogP contribution in [0.5, 0.6) is 0 Å². The van der Waals surface area contributed by atoms with Crippen molar-refractivity contribution in [2.75, 3.05) is 13.6 Å². The van der Waals surface area contributed by atoms with Crippen LogP contribution >= 0.6 is 0 Å². The quantitative estimate of drug-likeness (QED) is 0.887. The molecule has 0 saturated carbocycles. The van der Waals surface area contributed by atoms with Crippen LogP contribution in [0.2, 0.25) is 0 Å². The van der Waals surface area contributed by atoms with E-state index < -0.39 is 6.10 Å². The first kappa shape index (κ1) is 15.6. The van der Waals surface area contributed by atoms with E-state index >= 15 is 0 Å². The van der Waals surface area contributed by atoms with Crippen LogP contribution in [0.4, 0.5) is 4.39 Å². The number of hydrogen-bond donors (Lipinski definition) is 1. The number of pyridine rings is 1. The maximum absolute atomic E-state index is 13.1. The molecule has 1 aromatic heterocycles. The van der Waals surface area contributed by atoms with Crippen LogP contribution in [0.3, 0.4) is 0 Å². The smallest absolute Gasteiger partial charge is 0.123 e. The van der Waals surface area contributed by atoms with Crippen molar-refractivity contribution in [2.24, 2.45) is 0 Å². The van der Waals surface area contributed by atoms with Gasteiger partial charge >= 0.3 is 0 Å². The predicted octanol–water partition coefficient (Wildman–Crippen LogP) is 3.08. The van der Waals surface area contributed by atoms with Crippen LogP contribution in [0.25, 0.3) is 0 Å². The zero-order valence-electron chi connectivity index (χ0n) is 12.5. The lowest BCUT2D eigenvalue weighted by Gasteiger charge is -2.19. The molecule has 1 unspecified atom stereocenters. The van der Waals surface area contributed by atoms with Gasteiger partial charge in [0.15, 0.2) is 0 Å². The molecule has 0 bridgehead atoms. The van der Waals surface area contributed by atoms with Gasteiger partial charge in [-0.3, -0.25) is 4.98 Å². The average Bonchev–Trinajstić information content (AvgIpc) is 2.45. The van der Waals surface area contributed by atoms with Gasteiger partial charge in [-0.15, -0.1) is 0 Å². The summed E-state index contributed by atoms with van der Waals surface area (Å²) in [6.45, 7) is 3.42. The Labute approximate surface area is 125 Å². The topological polar surface area (TPSA) is 36.4 Å². The first-order chi connectivity index (χ1) is 10.0. The van der Waals surface area contributed by atoms with Gasteiger partial charge in [0.1, 0.15) is 5.82 Å². The number of aromatic nitrogens is 1. The van der Waals surface area contributed by atoms with E-state index in [4.69, 9.17) is 0 Å². The second-order valence-corrected chi connectivity index (χ2v) is 5.37. The average molecular weight is 288 g/mol. The molecule has 1 atom stereocenters. The highest BCUT2D eigenvalue weighted by atomic mass is 19.1. The van der Waals surface area contributed by atoms with E-state index in [-0.39, 0.29) is 5.82 Å². The standard InChI is InChI=1S/C17H21FN2O/c1-13-5-3-8-16(19-13)12-20(2)10-9-17(21)14-6-4-7-15(18)11-14/h3-8,11,17,21H,9-10,12H2,1-2H3. The zero-order chi connectivity index (χ0) is 15.2. The molecule has 0 fully saturated rings. The second kappa shape index (κ2) is 7.29. The maximum Gasteiger partial charge on any atom is 0.123 e. The van der Waals surface area contributed by atoms with Gasteiger partial charge in [0.05, 0.1) is 11.8 Å². The summed E-state index contributed by atoms with van der Waals surface area (Å²) in [4.78, 5) is 6.56. The van der Waals surface area contributed by atoms with E-state index in [2.05, 4.69) is 9.88 Å². The minimum absolute atomic E-state index is 0.316. The van der Waals surface area contributed by atoms with Gasteiger partial charge in [-0.2, -0.15) is 0 Å². The third-order valence-electron chi connectivity index (χ3n) is 3.40. The van der Waals surface area contributed by atoms with Gasteiger partial charge < -0.3 is 10.0 Å². The molecule has 0 aliphatic carbocycles. The Bertz CT molecular complexity index is 589. The lowest BCUT2D eigenvalue weighted by molar-refractivity contribution is 0.147. The lowest BCUT2D eigenvalue weighted by atomic mass is 10.1. The molecule has 0 aliphatic rings. The number of aryl methyl sites for hydroxylation is 1. The monoisotopic (exact) mass is 288 g/mol. The van der Waals surface area contributed by atoms with Crippen molar-refractivity contribution in [1.82, 2.24) is 9.88 Å². The normalized spacial score (nSPS) is 12.6. The molecule has 3 nitrogen and oxygen atoms in total. The Kier molecular flexibility index (Phi) is 5.42. The zero-order valence-corrected chi connectivity index (χ0v) is 12.5. The molecule has 1 N–H and O–H groups in total. The van der Waals surface area contributed by atoms with Gasteiger partial charge in [-0.1, -0.05) is 18.2 Å². The van der Waals surface area contributed by atoms with Crippen molar-refractivity contribution < 1.29 is 9.50 Å². The summed E-state index contributed by atoms with van der Waals surface area (Å²) in [5.41, 5.74) is 2.63. The highest BCUT2D eigenvalue weighted by Gasteiger charge is 2.10. The largest absolute Gasteiger partial charge is 0.388 e. The molecule has 0 spiro atoms. The van der Waals surface area contributed by atoms with Crippen molar-refractivity contribution in [3.05, 3.63) is 65.2 Å². The molecule has 0 aliphatic heterocycles. The first-order valence-corrected chi connectivity index (χ1v) is 7.09. The molecule has 4 heteroatoms. The Morgan fingerprint density at radius 2 is 2.00 bits per heavy atom. The van der Waals surface area contributed by atoms with Crippen LogP contribution in [-0.2, 0) is 6.54 Å². The number of aliphatic hydroxyl groups is 1. The van der Waals surface area contributed by atoms with Gasteiger partial charge in [0.25, 0.3) is 0 Å². The molecule has 0 amide bonds. The number of halogens is 1. The third-order valence-corrected chi connectivity index (χ3v) is 3.40. The van der Waals surface area contributed by atoms with Crippen molar-refractivity contribution in [3.63, 3.8) is 0 Å².